The molecule has 2 aromatic heterocycles. The van der Waals surface area contributed by atoms with Gasteiger partial charge in [0.05, 0.1) is 12.2 Å². The Balaban J connectivity index is 0.00000225. The molecule has 0 aliphatic heterocycles. The van der Waals surface area contributed by atoms with Crippen LogP contribution in [0.15, 0.2) is 47.0 Å². The molecule has 0 radical (unpaired) electrons. The molecule has 8 heteroatoms. The first-order valence-electron chi connectivity index (χ1n) is 7.92. The van der Waals surface area contributed by atoms with Crippen LogP contribution in [0.2, 0.25) is 5.02 Å². The average Bonchev–Trinajstić information content (AvgIpc) is 3.14. The van der Waals surface area contributed by atoms with E-state index < -0.39 is 0 Å². The molecular formula is C17H21ClIN5S. The maximum atomic E-state index is 6.01. The minimum Gasteiger partial charge on any atom is -0.357 e. The molecule has 0 bridgehead atoms. The zero-order chi connectivity index (χ0) is 16.8. The standard InChI is InChI=1S/C17H20ClN5S.HI/c1-2-19-16(20-7-6-13-4-3-5-14(18)10-13)21-11-15-12-23-8-9-24-17(23)22-15;/h3-5,8-10,12H,2,6-7,11H2,1H3,(H2,19,20,21);1H. The molecule has 3 rings (SSSR count). The van der Waals surface area contributed by atoms with Crippen molar-refractivity contribution in [1.29, 1.82) is 0 Å². The Bertz CT molecular complexity index is 801. The van der Waals surface area contributed by atoms with Gasteiger partial charge in [0.2, 0.25) is 0 Å². The number of guanidine groups is 1. The third kappa shape index (κ3) is 5.86. The van der Waals surface area contributed by atoms with Crippen LogP contribution in [0.3, 0.4) is 0 Å². The third-order valence-corrected chi connectivity index (χ3v) is 4.49. The van der Waals surface area contributed by atoms with E-state index in [-0.39, 0.29) is 24.0 Å². The van der Waals surface area contributed by atoms with Crippen LogP contribution in [0.4, 0.5) is 0 Å². The lowest BCUT2D eigenvalue weighted by Crippen LogP contribution is -2.38. The summed E-state index contributed by atoms with van der Waals surface area (Å²) < 4.78 is 2.02. The van der Waals surface area contributed by atoms with Gasteiger partial charge in [0.1, 0.15) is 0 Å². The van der Waals surface area contributed by atoms with Gasteiger partial charge in [-0.1, -0.05) is 23.7 Å². The van der Waals surface area contributed by atoms with Gasteiger partial charge in [-0.25, -0.2) is 9.98 Å². The Kier molecular flexibility index (Phi) is 7.98. The summed E-state index contributed by atoms with van der Waals surface area (Å²) in [4.78, 5) is 10.2. The van der Waals surface area contributed by atoms with Crippen LogP contribution < -0.4 is 10.6 Å². The van der Waals surface area contributed by atoms with Gasteiger partial charge in [-0.15, -0.1) is 35.3 Å². The van der Waals surface area contributed by atoms with E-state index in [9.17, 15) is 0 Å². The van der Waals surface area contributed by atoms with Gasteiger partial charge in [0.25, 0.3) is 0 Å². The number of hydrogen-bond donors (Lipinski definition) is 2. The number of halogens is 2. The van der Waals surface area contributed by atoms with Gasteiger partial charge >= 0.3 is 0 Å². The van der Waals surface area contributed by atoms with Crippen LogP contribution in [0.25, 0.3) is 4.96 Å². The molecule has 134 valence electrons. The molecule has 25 heavy (non-hydrogen) atoms. The summed E-state index contributed by atoms with van der Waals surface area (Å²) in [6.07, 6.45) is 4.92. The fourth-order valence-corrected chi connectivity index (χ4v) is 3.30. The summed E-state index contributed by atoms with van der Waals surface area (Å²) in [5.74, 6) is 0.802. The Morgan fingerprint density at radius 2 is 2.24 bits per heavy atom. The molecule has 2 heterocycles. The molecule has 0 saturated carbocycles. The molecule has 0 atom stereocenters. The van der Waals surface area contributed by atoms with Crippen LogP contribution in [0.5, 0.6) is 0 Å². The van der Waals surface area contributed by atoms with Crippen molar-refractivity contribution >= 4 is 57.8 Å². The second kappa shape index (κ2) is 9.98. The maximum absolute atomic E-state index is 6.01. The average molecular weight is 490 g/mol. The zero-order valence-electron chi connectivity index (χ0n) is 13.9. The predicted octanol–water partition coefficient (Wildman–Crippen LogP) is 3.97. The highest BCUT2D eigenvalue weighted by Gasteiger charge is 2.03. The fraction of sp³-hybridized carbons (Fsp3) is 0.294. The van der Waals surface area contributed by atoms with E-state index >= 15 is 0 Å². The normalized spacial score (nSPS) is 11.4. The first kappa shape index (κ1) is 20.0. The lowest BCUT2D eigenvalue weighted by atomic mass is 10.1. The third-order valence-electron chi connectivity index (χ3n) is 3.48. The van der Waals surface area contributed by atoms with E-state index in [1.165, 1.54) is 5.56 Å². The Labute approximate surface area is 173 Å². The van der Waals surface area contributed by atoms with Crippen molar-refractivity contribution in [2.45, 2.75) is 19.9 Å². The second-order valence-corrected chi connectivity index (χ2v) is 6.64. The molecular weight excluding hydrogens is 469 g/mol. The number of nitrogens with one attached hydrogen (secondary N) is 2. The van der Waals surface area contributed by atoms with Crippen LogP contribution in [-0.4, -0.2) is 28.4 Å². The molecule has 0 aliphatic rings. The summed E-state index contributed by atoms with van der Waals surface area (Å²) in [5.41, 5.74) is 2.18. The van der Waals surface area contributed by atoms with E-state index in [4.69, 9.17) is 11.6 Å². The van der Waals surface area contributed by atoms with E-state index in [0.29, 0.717) is 6.54 Å². The number of imidazole rings is 1. The van der Waals surface area contributed by atoms with Crippen molar-refractivity contribution in [2.75, 3.05) is 13.1 Å². The molecule has 0 spiro atoms. The van der Waals surface area contributed by atoms with Crippen molar-refractivity contribution < 1.29 is 0 Å². The molecule has 0 saturated heterocycles. The smallest absolute Gasteiger partial charge is 0.193 e. The van der Waals surface area contributed by atoms with Crippen LogP contribution in [0.1, 0.15) is 18.2 Å². The van der Waals surface area contributed by atoms with Gasteiger partial charge in [0.15, 0.2) is 10.9 Å². The molecule has 0 unspecified atom stereocenters. The van der Waals surface area contributed by atoms with Gasteiger partial charge in [0, 0.05) is 35.9 Å². The van der Waals surface area contributed by atoms with E-state index in [1.54, 1.807) is 11.3 Å². The van der Waals surface area contributed by atoms with Crippen LogP contribution in [0, 0.1) is 0 Å². The molecule has 1 aromatic carbocycles. The molecule has 0 aliphatic carbocycles. The SMILES string of the molecule is CCNC(=NCc1cn2ccsc2n1)NCCc1cccc(Cl)c1.I. The Hall–Kier alpha value is -1.32. The Morgan fingerprint density at radius 1 is 1.36 bits per heavy atom. The van der Waals surface area contributed by atoms with Gasteiger partial charge in [-0.3, -0.25) is 4.40 Å². The van der Waals surface area contributed by atoms with Gasteiger partial charge < -0.3 is 10.6 Å². The van der Waals surface area contributed by atoms with Crippen molar-refractivity contribution in [1.82, 2.24) is 20.0 Å². The minimum atomic E-state index is 0. The molecule has 3 aromatic rings. The monoisotopic (exact) mass is 489 g/mol. The highest BCUT2D eigenvalue weighted by atomic mass is 127. The molecule has 2 N–H and O–H groups in total. The molecule has 5 nitrogen and oxygen atoms in total. The van der Waals surface area contributed by atoms with Crippen molar-refractivity contribution in [3.63, 3.8) is 0 Å². The number of fused-ring (bicyclic) bond motifs is 1. The quantitative estimate of drug-likeness (QED) is 0.313. The predicted molar refractivity (Wildman–Crippen MR) is 116 cm³/mol. The van der Waals surface area contributed by atoms with Crippen LogP contribution in [-0.2, 0) is 13.0 Å². The number of aliphatic imine (C=N–C) groups is 1. The minimum absolute atomic E-state index is 0. The second-order valence-electron chi connectivity index (χ2n) is 5.33. The van der Waals surface area contributed by atoms with E-state index in [0.717, 1.165) is 41.1 Å². The van der Waals surface area contributed by atoms with E-state index in [2.05, 4.69) is 33.6 Å². The lowest BCUT2D eigenvalue weighted by molar-refractivity contribution is 0.797. The number of aromatic nitrogens is 2. The summed E-state index contributed by atoms with van der Waals surface area (Å²) in [6.45, 7) is 4.23. The van der Waals surface area contributed by atoms with Gasteiger partial charge in [-0.05, 0) is 31.0 Å². The highest BCUT2D eigenvalue weighted by Crippen LogP contribution is 2.12. The first-order chi connectivity index (χ1) is 11.7. The largest absolute Gasteiger partial charge is 0.357 e. The van der Waals surface area contributed by atoms with Crippen molar-refractivity contribution in [3.8, 4) is 0 Å². The lowest BCUT2D eigenvalue weighted by Gasteiger charge is -2.11. The number of nitrogens with zero attached hydrogens (tertiary/aromatic N) is 3. The molecule has 0 fully saturated rings. The number of thiazole rings is 1. The van der Waals surface area contributed by atoms with E-state index in [1.807, 2.05) is 40.4 Å². The first-order valence-corrected chi connectivity index (χ1v) is 9.18. The van der Waals surface area contributed by atoms with Gasteiger partial charge in [-0.2, -0.15) is 0 Å². The fourth-order valence-electron chi connectivity index (χ4n) is 2.37. The number of hydrogen-bond acceptors (Lipinski definition) is 3. The summed E-state index contributed by atoms with van der Waals surface area (Å²) in [7, 11) is 0. The molecule has 0 amide bonds. The summed E-state index contributed by atoms with van der Waals surface area (Å²) >= 11 is 7.64. The van der Waals surface area contributed by atoms with Crippen LogP contribution >= 0.6 is 46.9 Å². The zero-order valence-corrected chi connectivity index (χ0v) is 17.8. The van der Waals surface area contributed by atoms with Crippen molar-refractivity contribution in [2.24, 2.45) is 4.99 Å². The summed E-state index contributed by atoms with van der Waals surface area (Å²) in [6, 6.07) is 7.93. The summed E-state index contributed by atoms with van der Waals surface area (Å²) in [5, 5.41) is 9.41. The number of rotatable bonds is 6. The highest BCUT2D eigenvalue weighted by molar-refractivity contribution is 14.0. The van der Waals surface area contributed by atoms with Crippen molar-refractivity contribution in [3.05, 3.63) is 58.3 Å². The maximum Gasteiger partial charge on any atom is 0.193 e. The topological polar surface area (TPSA) is 53.7 Å². The Morgan fingerprint density at radius 3 is 3.00 bits per heavy atom. The number of benzene rings is 1.